The van der Waals surface area contributed by atoms with Gasteiger partial charge in [-0.05, 0) is 62.2 Å². The van der Waals surface area contributed by atoms with Crippen LogP contribution in [0.1, 0.15) is 29.8 Å². The highest BCUT2D eigenvalue weighted by Crippen LogP contribution is 2.35. The average molecular weight is 513 g/mol. The number of nitrogens with zero attached hydrogens (tertiary/aromatic N) is 2. The van der Waals surface area contributed by atoms with Crippen LogP contribution in [0.4, 0.5) is 11.4 Å². The van der Waals surface area contributed by atoms with Crippen LogP contribution < -0.4 is 9.21 Å². The monoisotopic (exact) mass is 512 g/mol. The lowest BCUT2D eigenvalue weighted by Crippen LogP contribution is -2.39. The Morgan fingerprint density at radius 1 is 1.03 bits per heavy atom. The van der Waals surface area contributed by atoms with E-state index in [-0.39, 0.29) is 28.1 Å². The van der Waals surface area contributed by atoms with Crippen molar-refractivity contribution in [3.8, 4) is 0 Å². The highest BCUT2D eigenvalue weighted by atomic mass is 35.5. The summed E-state index contributed by atoms with van der Waals surface area (Å²) in [5.41, 5.74) is 2.20. The van der Waals surface area contributed by atoms with Crippen LogP contribution >= 0.6 is 11.6 Å². The predicted octanol–water partition coefficient (Wildman–Crippen LogP) is 4.69. The third-order valence-electron chi connectivity index (χ3n) is 5.73. The second kappa shape index (κ2) is 10.1. The van der Waals surface area contributed by atoms with Gasteiger partial charge in [0.15, 0.2) is 6.61 Å². The number of carbonyl (C=O) groups excluding carboxylic acids is 2. The zero-order chi connectivity index (χ0) is 25.2. The lowest BCUT2D eigenvalue weighted by Gasteiger charge is -2.26. The molecule has 0 fully saturated rings. The van der Waals surface area contributed by atoms with Crippen LogP contribution in [0.2, 0.25) is 5.02 Å². The molecular formula is C26H25ClN2O5S. The summed E-state index contributed by atoms with van der Waals surface area (Å²) in [6.45, 7) is 3.51. The number of hydrogen-bond acceptors (Lipinski definition) is 5. The maximum Gasteiger partial charge on any atom is 0.338 e. The molecule has 1 aliphatic heterocycles. The van der Waals surface area contributed by atoms with Crippen LogP contribution in [0.3, 0.4) is 0 Å². The minimum Gasteiger partial charge on any atom is -0.452 e. The molecule has 1 aliphatic rings. The average Bonchev–Trinajstić information content (AvgIpc) is 3.28. The van der Waals surface area contributed by atoms with E-state index in [9.17, 15) is 18.0 Å². The molecule has 0 atom stereocenters. The third-order valence-corrected chi connectivity index (χ3v) is 8.02. The molecule has 0 spiro atoms. The minimum absolute atomic E-state index is 0.00271. The highest BCUT2D eigenvalue weighted by molar-refractivity contribution is 7.93. The number of esters is 1. The van der Waals surface area contributed by atoms with Gasteiger partial charge in [0.1, 0.15) is 4.90 Å². The molecule has 35 heavy (non-hydrogen) atoms. The van der Waals surface area contributed by atoms with E-state index in [0.717, 1.165) is 5.56 Å². The summed E-state index contributed by atoms with van der Waals surface area (Å²) >= 11 is 6.24. The Kier molecular flexibility index (Phi) is 7.14. The zero-order valence-corrected chi connectivity index (χ0v) is 20.9. The number of sulfonamides is 1. The molecule has 7 nitrogen and oxygen atoms in total. The first-order valence-corrected chi connectivity index (χ1v) is 13.0. The van der Waals surface area contributed by atoms with Crippen molar-refractivity contribution in [3.63, 3.8) is 0 Å². The molecule has 0 N–H and O–H groups in total. The van der Waals surface area contributed by atoms with Crippen molar-refractivity contribution < 1.29 is 22.7 Å². The number of amides is 1. The lowest BCUT2D eigenvalue weighted by molar-refractivity contribution is -0.122. The quantitative estimate of drug-likeness (QED) is 0.429. The van der Waals surface area contributed by atoms with E-state index in [4.69, 9.17) is 16.3 Å². The van der Waals surface area contributed by atoms with Crippen LogP contribution in [0.25, 0.3) is 0 Å². The Morgan fingerprint density at radius 2 is 1.71 bits per heavy atom. The lowest BCUT2D eigenvalue weighted by atomic mass is 10.2. The predicted molar refractivity (Wildman–Crippen MR) is 135 cm³/mol. The van der Waals surface area contributed by atoms with Gasteiger partial charge in [-0.25, -0.2) is 13.2 Å². The summed E-state index contributed by atoms with van der Waals surface area (Å²) in [5.74, 6) is -1.21. The molecule has 3 aromatic carbocycles. The van der Waals surface area contributed by atoms with Crippen molar-refractivity contribution in [2.24, 2.45) is 0 Å². The Bertz CT molecular complexity index is 1360. The van der Waals surface area contributed by atoms with Crippen molar-refractivity contribution in [1.82, 2.24) is 0 Å². The highest BCUT2D eigenvalue weighted by Gasteiger charge is 2.33. The van der Waals surface area contributed by atoms with E-state index in [2.05, 4.69) is 0 Å². The van der Waals surface area contributed by atoms with E-state index >= 15 is 0 Å². The number of fused-ring (bicyclic) bond motifs is 1. The van der Waals surface area contributed by atoms with Crippen molar-refractivity contribution in [1.29, 1.82) is 0 Å². The fraction of sp³-hybridized carbons (Fsp3) is 0.231. The molecule has 0 aromatic heterocycles. The molecule has 1 amide bonds. The SMILES string of the molecule is CC(C)N(C(=O)COC(=O)c1ccc(Cl)c(S(=O)(=O)N2CCc3ccccc32)c1)c1ccccc1. The fourth-order valence-corrected chi connectivity index (χ4v) is 6.11. The maximum absolute atomic E-state index is 13.4. The van der Waals surface area contributed by atoms with Crippen molar-refractivity contribution in [3.05, 3.63) is 88.9 Å². The van der Waals surface area contributed by atoms with Crippen LogP contribution in [-0.4, -0.2) is 39.5 Å². The van der Waals surface area contributed by atoms with Crippen LogP contribution in [0, 0.1) is 0 Å². The van der Waals surface area contributed by atoms with Gasteiger partial charge >= 0.3 is 5.97 Å². The first kappa shape index (κ1) is 24.8. The van der Waals surface area contributed by atoms with Gasteiger partial charge in [0.2, 0.25) is 0 Å². The molecule has 0 radical (unpaired) electrons. The van der Waals surface area contributed by atoms with E-state index in [1.165, 1.54) is 27.4 Å². The molecular weight excluding hydrogens is 488 g/mol. The minimum atomic E-state index is -4.01. The molecule has 9 heteroatoms. The summed E-state index contributed by atoms with van der Waals surface area (Å²) in [5, 5.41) is -0.00271. The molecule has 1 heterocycles. The molecule has 0 saturated carbocycles. The van der Waals surface area contributed by atoms with Gasteiger partial charge in [0.25, 0.3) is 15.9 Å². The van der Waals surface area contributed by atoms with Gasteiger partial charge in [0, 0.05) is 18.3 Å². The van der Waals surface area contributed by atoms with Gasteiger partial charge < -0.3 is 9.64 Å². The van der Waals surface area contributed by atoms with Crippen LogP contribution in [-0.2, 0) is 26.0 Å². The molecule has 3 aromatic rings. The molecule has 0 unspecified atom stereocenters. The van der Waals surface area contributed by atoms with Gasteiger partial charge in [-0.3, -0.25) is 9.10 Å². The van der Waals surface area contributed by atoms with Crippen molar-refractivity contribution in [2.75, 3.05) is 22.4 Å². The summed E-state index contributed by atoms with van der Waals surface area (Å²) in [4.78, 5) is 26.9. The summed E-state index contributed by atoms with van der Waals surface area (Å²) in [7, 11) is -4.01. The third kappa shape index (κ3) is 5.04. The van der Waals surface area contributed by atoms with Crippen molar-refractivity contribution in [2.45, 2.75) is 31.2 Å². The number of anilines is 2. The Balaban J connectivity index is 1.53. The number of carbonyl (C=O) groups is 2. The van der Waals surface area contributed by atoms with Gasteiger partial charge in [-0.2, -0.15) is 0 Å². The van der Waals surface area contributed by atoms with Gasteiger partial charge in [-0.1, -0.05) is 48.0 Å². The topological polar surface area (TPSA) is 84.0 Å². The first-order valence-electron chi connectivity index (χ1n) is 11.1. The smallest absolute Gasteiger partial charge is 0.338 e. The van der Waals surface area contributed by atoms with E-state index in [0.29, 0.717) is 17.8 Å². The number of para-hydroxylation sites is 2. The second-order valence-electron chi connectivity index (χ2n) is 8.37. The summed E-state index contributed by atoms with van der Waals surface area (Å²) in [6, 6.07) is 20.1. The van der Waals surface area contributed by atoms with E-state index < -0.39 is 28.5 Å². The summed E-state index contributed by atoms with van der Waals surface area (Å²) in [6.07, 6.45) is 0.588. The number of benzene rings is 3. The van der Waals surface area contributed by atoms with Gasteiger partial charge in [-0.15, -0.1) is 0 Å². The maximum atomic E-state index is 13.4. The second-order valence-corrected chi connectivity index (χ2v) is 10.6. The first-order chi connectivity index (χ1) is 16.7. The standard InChI is InChI=1S/C26H25ClN2O5S/c1-18(2)29(21-9-4-3-5-10-21)25(30)17-34-26(31)20-12-13-22(27)24(16-20)35(32,33)28-15-14-19-8-6-7-11-23(19)28/h3-13,16,18H,14-15,17H2,1-2H3. The molecule has 0 aliphatic carbocycles. The zero-order valence-electron chi connectivity index (χ0n) is 19.3. The fourth-order valence-electron chi connectivity index (χ4n) is 4.10. The Morgan fingerprint density at radius 3 is 2.43 bits per heavy atom. The normalized spacial score (nSPS) is 13.0. The largest absolute Gasteiger partial charge is 0.452 e. The molecule has 0 saturated heterocycles. The van der Waals surface area contributed by atoms with Crippen molar-refractivity contribution >= 4 is 44.9 Å². The summed E-state index contributed by atoms with van der Waals surface area (Å²) < 4.78 is 33.4. The number of hydrogen-bond donors (Lipinski definition) is 0. The van der Waals surface area contributed by atoms with Crippen LogP contribution in [0.5, 0.6) is 0 Å². The number of halogens is 1. The molecule has 0 bridgehead atoms. The van der Waals surface area contributed by atoms with E-state index in [1.807, 2.05) is 44.2 Å². The Hall–Kier alpha value is -3.36. The number of ether oxygens (including phenoxy) is 1. The van der Waals surface area contributed by atoms with E-state index in [1.54, 1.807) is 24.3 Å². The van der Waals surface area contributed by atoms with Gasteiger partial charge in [0.05, 0.1) is 16.3 Å². The number of rotatable bonds is 7. The van der Waals surface area contributed by atoms with Crippen LogP contribution in [0.15, 0.2) is 77.7 Å². The Labute approximate surface area is 209 Å². The molecule has 4 rings (SSSR count). The molecule has 182 valence electrons.